The lowest BCUT2D eigenvalue weighted by atomic mass is 10.1. The normalized spacial score (nSPS) is 12.5. The van der Waals surface area contributed by atoms with Gasteiger partial charge < -0.3 is 25.8 Å². The van der Waals surface area contributed by atoms with Crippen LogP contribution in [0.3, 0.4) is 0 Å². The molecule has 0 spiro atoms. The van der Waals surface area contributed by atoms with Crippen LogP contribution in [0.15, 0.2) is 90.3 Å². The fraction of sp³-hybridized carbons (Fsp3) is 0.267. The highest BCUT2D eigenvalue weighted by Crippen LogP contribution is 2.18. The van der Waals surface area contributed by atoms with Gasteiger partial charge >= 0.3 is 0 Å². The molecule has 0 unspecified atom stereocenters. The number of carbonyl (C=O) groups is 1. The second kappa shape index (κ2) is 14.3. The number of aliphatic hydroxyl groups excluding tert-OH is 1. The molecule has 0 aliphatic carbocycles. The van der Waals surface area contributed by atoms with E-state index in [0.29, 0.717) is 13.1 Å². The third-order valence-corrected chi connectivity index (χ3v) is 6.70. The van der Waals surface area contributed by atoms with Crippen LogP contribution in [-0.2, 0) is 24.2 Å². The molecule has 2 atom stereocenters. The number of amides is 1. The molecule has 7 nitrogen and oxygen atoms in total. The van der Waals surface area contributed by atoms with Gasteiger partial charge in [-0.3, -0.25) is 4.79 Å². The lowest BCUT2D eigenvalue weighted by molar-refractivity contribution is -0.115. The molecule has 4 aromatic rings. The number of aliphatic hydroxyl groups is 1. The Bertz CT molecular complexity index is 1250. The summed E-state index contributed by atoms with van der Waals surface area (Å²) in [6, 6.07) is 27.6. The molecule has 4 rings (SSSR count). The largest absolute Gasteiger partial charge is 0.491 e. The monoisotopic (exact) mass is 530 g/mol. The Morgan fingerprint density at radius 1 is 0.974 bits per heavy atom. The number of nitrogens with one attached hydrogen (secondary N) is 3. The van der Waals surface area contributed by atoms with E-state index in [0.717, 1.165) is 34.2 Å². The van der Waals surface area contributed by atoms with Gasteiger partial charge in [0.1, 0.15) is 18.5 Å². The molecule has 1 heterocycles. The molecule has 1 amide bonds. The summed E-state index contributed by atoms with van der Waals surface area (Å²) in [6.45, 7) is 3.47. The zero-order valence-corrected chi connectivity index (χ0v) is 22.3. The quantitative estimate of drug-likeness (QED) is 0.185. The Morgan fingerprint density at radius 2 is 1.68 bits per heavy atom. The Morgan fingerprint density at radius 3 is 2.42 bits per heavy atom. The molecular weight excluding hydrogens is 496 g/mol. The topological polar surface area (TPSA) is 95.5 Å². The van der Waals surface area contributed by atoms with Gasteiger partial charge in [-0.15, -0.1) is 11.3 Å². The summed E-state index contributed by atoms with van der Waals surface area (Å²) in [5.74, 6) is 0.651. The molecule has 0 saturated carbocycles. The Labute approximate surface area is 227 Å². The van der Waals surface area contributed by atoms with Crippen LogP contribution in [0.4, 0.5) is 10.8 Å². The predicted octanol–water partition coefficient (Wildman–Crippen LogP) is 4.90. The second-order valence-electron chi connectivity index (χ2n) is 9.20. The average molecular weight is 531 g/mol. The van der Waals surface area contributed by atoms with Crippen molar-refractivity contribution in [2.24, 2.45) is 0 Å². The number of rotatable bonds is 14. The van der Waals surface area contributed by atoms with Crippen molar-refractivity contribution in [3.63, 3.8) is 0 Å². The first kappa shape index (κ1) is 27.3. The van der Waals surface area contributed by atoms with Gasteiger partial charge in [-0.2, -0.15) is 0 Å². The summed E-state index contributed by atoms with van der Waals surface area (Å²) < 4.78 is 5.60. The van der Waals surface area contributed by atoms with Crippen LogP contribution in [0.5, 0.6) is 5.75 Å². The third-order valence-electron chi connectivity index (χ3n) is 5.85. The van der Waals surface area contributed by atoms with Crippen LogP contribution in [0.25, 0.3) is 0 Å². The maximum absolute atomic E-state index is 12.5. The van der Waals surface area contributed by atoms with Crippen molar-refractivity contribution >= 4 is 28.1 Å². The van der Waals surface area contributed by atoms with Crippen molar-refractivity contribution in [1.29, 1.82) is 0 Å². The van der Waals surface area contributed by atoms with Crippen LogP contribution in [0.2, 0.25) is 0 Å². The van der Waals surface area contributed by atoms with E-state index in [1.54, 1.807) is 0 Å². The molecule has 0 fully saturated rings. The van der Waals surface area contributed by atoms with Crippen molar-refractivity contribution in [2.75, 3.05) is 23.8 Å². The Kier molecular flexibility index (Phi) is 10.3. The van der Waals surface area contributed by atoms with Gasteiger partial charge in [-0.25, -0.2) is 4.98 Å². The smallest absolute Gasteiger partial charge is 0.230 e. The third kappa shape index (κ3) is 9.30. The van der Waals surface area contributed by atoms with E-state index >= 15 is 0 Å². The minimum Gasteiger partial charge on any atom is -0.491 e. The van der Waals surface area contributed by atoms with Crippen molar-refractivity contribution < 1.29 is 14.6 Å². The first-order valence-electron chi connectivity index (χ1n) is 12.7. The molecule has 0 radical (unpaired) electrons. The van der Waals surface area contributed by atoms with Gasteiger partial charge in [0.25, 0.3) is 0 Å². The van der Waals surface area contributed by atoms with E-state index in [1.807, 2.05) is 78.2 Å². The Balaban J connectivity index is 1.15. The number of nitrogens with zero attached hydrogens (tertiary/aromatic N) is 1. The number of anilines is 2. The minimum atomic E-state index is -0.594. The lowest BCUT2D eigenvalue weighted by Crippen LogP contribution is -2.37. The fourth-order valence-corrected chi connectivity index (χ4v) is 4.58. The number of ether oxygens (including phenoxy) is 1. The molecule has 198 valence electrons. The number of thiazole rings is 1. The molecule has 3 aromatic carbocycles. The summed E-state index contributed by atoms with van der Waals surface area (Å²) in [6.07, 6.45) is 0.435. The van der Waals surface area contributed by atoms with E-state index in [9.17, 15) is 9.90 Å². The first-order valence-corrected chi connectivity index (χ1v) is 13.6. The number of hydrogen-bond acceptors (Lipinski definition) is 7. The van der Waals surface area contributed by atoms with E-state index in [-0.39, 0.29) is 25.0 Å². The van der Waals surface area contributed by atoms with Crippen LogP contribution in [0, 0.1) is 0 Å². The molecule has 0 bridgehead atoms. The van der Waals surface area contributed by atoms with E-state index in [4.69, 9.17) is 4.74 Å². The number of carbonyl (C=O) groups excluding carboxylic acids is 1. The molecule has 4 N–H and O–H groups in total. The maximum atomic E-state index is 12.5. The van der Waals surface area contributed by atoms with Gasteiger partial charge in [0.15, 0.2) is 5.13 Å². The van der Waals surface area contributed by atoms with Crippen molar-refractivity contribution in [3.8, 4) is 5.75 Å². The van der Waals surface area contributed by atoms with Gasteiger partial charge in [-0.1, -0.05) is 60.7 Å². The summed E-state index contributed by atoms with van der Waals surface area (Å²) >= 11 is 1.50. The van der Waals surface area contributed by atoms with Crippen molar-refractivity contribution in [3.05, 3.63) is 107 Å². The number of hydrogen-bond donors (Lipinski definition) is 4. The lowest BCUT2D eigenvalue weighted by Gasteiger charge is -2.18. The number of para-hydroxylation sites is 1. The molecule has 0 aliphatic heterocycles. The fourth-order valence-electron chi connectivity index (χ4n) is 3.87. The van der Waals surface area contributed by atoms with Crippen molar-refractivity contribution in [2.45, 2.75) is 38.5 Å². The predicted molar refractivity (Wildman–Crippen MR) is 154 cm³/mol. The molecule has 38 heavy (non-hydrogen) atoms. The average Bonchev–Trinajstić information content (AvgIpc) is 3.39. The molecule has 1 aromatic heterocycles. The number of aromatic nitrogens is 1. The highest BCUT2D eigenvalue weighted by molar-refractivity contribution is 7.13. The molecular formula is C30H34N4O3S. The van der Waals surface area contributed by atoms with Gasteiger partial charge in [0, 0.05) is 30.2 Å². The summed E-state index contributed by atoms with van der Waals surface area (Å²) in [5, 5.41) is 22.5. The molecule has 0 aliphatic rings. The van der Waals surface area contributed by atoms with E-state index < -0.39 is 6.10 Å². The zero-order valence-electron chi connectivity index (χ0n) is 21.5. The SMILES string of the molecule is C[C@@H](Cc1ccc(NC(=O)Cc2csc(NCc3ccccc3)n2)cc1)NC[C@H](O)COc1ccccc1. The molecule has 8 heteroatoms. The summed E-state index contributed by atoms with van der Waals surface area (Å²) in [4.78, 5) is 17.0. The maximum Gasteiger partial charge on any atom is 0.230 e. The highest BCUT2D eigenvalue weighted by atomic mass is 32.1. The second-order valence-corrected chi connectivity index (χ2v) is 10.1. The Hall–Kier alpha value is -3.72. The van der Waals surface area contributed by atoms with Gasteiger partial charge in [-0.05, 0) is 48.7 Å². The molecule has 0 saturated heterocycles. The zero-order chi connectivity index (χ0) is 26.6. The summed E-state index contributed by atoms with van der Waals surface area (Å²) in [5.41, 5.74) is 3.83. The minimum absolute atomic E-state index is 0.0978. The number of benzene rings is 3. The summed E-state index contributed by atoms with van der Waals surface area (Å²) in [7, 11) is 0. The van der Waals surface area contributed by atoms with Crippen LogP contribution >= 0.6 is 11.3 Å². The van der Waals surface area contributed by atoms with Crippen LogP contribution < -0.4 is 20.7 Å². The van der Waals surface area contributed by atoms with E-state index in [2.05, 4.69) is 40.0 Å². The van der Waals surface area contributed by atoms with Crippen LogP contribution in [0.1, 0.15) is 23.7 Å². The highest BCUT2D eigenvalue weighted by Gasteiger charge is 2.11. The first-order chi connectivity index (χ1) is 18.5. The van der Waals surface area contributed by atoms with Crippen LogP contribution in [-0.4, -0.2) is 41.3 Å². The van der Waals surface area contributed by atoms with Gasteiger partial charge in [0.05, 0.1) is 12.1 Å². The van der Waals surface area contributed by atoms with Gasteiger partial charge in [0.2, 0.25) is 5.91 Å². The van der Waals surface area contributed by atoms with E-state index in [1.165, 1.54) is 16.9 Å². The standard InChI is InChI=1S/C30H34N4O3S/c1-22(31-19-27(35)20-37-28-10-6-3-7-11-28)16-23-12-14-25(15-13-23)33-29(36)17-26-21-38-30(34-26)32-18-24-8-4-2-5-9-24/h2-15,21-22,27,31,35H,16-20H2,1H3,(H,32,34)(H,33,36)/t22-,27-/m0/s1. The van der Waals surface area contributed by atoms with Crippen molar-refractivity contribution in [1.82, 2.24) is 10.3 Å².